The molecule has 1 aromatic rings. The molecule has 1 amide bonds. The van der Waals surface area contributed by atoms with Crippen LogP contribution in [0.5, 0.6) is 5.75 Å². The molecule has 0 spiro atoms. The maximum absolute atomic E-state index is 11.4. The van der Waals surface area contributed by atoms with Crippen molar-refractivity contribution in [1.29, 1.82) is 0 Å². The Hall–Kier alpha value is -1.04. The molecule has 0 bridgehead atoms. The molecular formula is C10H10NNaO4. The number of nitrogens with one attached hydrogen (secondary N) is 1. The van der Waals surface area contributed by atoms with Gasteiger partial charge in [-0.05, 0) is 12.1 Å². The van der Waals surface area contributed by atoms with Gasteiger partial charge in [-0.2, -0.15) is 0 Å². The van der Waals surface area contributed by atoms with E-state index >= 15 is 0 Å². The number of hydrogen-bond acceptors (Lipinski definition) is 4. The summed E-state index contributed by atoms with van der Waals surface area (Å²) >= 11 is 0. The summed E-state index contributed by atoms with van der Waals surface area (Å²) in [7, 11) is 1.44. The van der Waals surface area contributed by atoms with Gasteiger partial charge in [0.2, 0.25) is 0 Å². The van der Waals surface area contributed by atoms with Crippen LogP contribution in [-0.2, 0) is 4.79 Å². The average Bonchev–Trinajstić information content (AvgIpc) is 2.25. The molecule has 1 N–H and O–H groups in total. The van der Waals surface area contributed by atoms with Crippen molar-refractivity contribution < 1.29 is 49.0 Å². The number of carboxylic acids is 1. The Morgan fingerprint density at radius 1 is 1.38 bits per heavy atom. The van der Waals surface area contributed by atoms with Gasteiger partial charge >= 0.3 is 29.6 Å². The molecule has 16 heavy (non-hydrogen) atoms. The summed E-state index contributed by atoms with van der Waals surface area (Å²) in [4.78, 5) is 21.6. The minimum Gasteiger partial charge on any atom is -0.548 e. The zero-order valence-corrected chi connectivity index (χ0v) is 11.1. The summed E-state index contributed by atoms with van der Waals surface area (Å²) in [5, 5.41) is 12.3. The van der Waals surface area contributed by atoms with Gasteiger partial charge in [-0.1, -0.05) is 12.1 Å². The third kappa shape index (κ3) is 4.22. The summed E-state index contributed by atoms with van der Waals surface area (Å²) in [6.45, 7) is -0.517. The van der Waals surface area contributed by atoms with Crippen LogP contribution in [0.2, 0.25) is 0 Å². The van der Waals surface area contributed by atoms with Crippen molar-refractivity contribution in [1.82, 2.24) is 5.32 Å². The van der Waals surface area contributed by atoms with E-state index in [1.165, 1.54) is 7.11 Å². The summed E-state index contributed by atoms with van der Waals surface area (Å²) in [6.07, 6.45) is 0. The molecule has 0 fully saturated rings. The van der Waals surface area contributed by atoms with E-state index in [9.17, 15) is 14.7 Å². The van der Waals surface area contributed by atoms with Crippen LogP contribution >= 0.6 is 0 Å². The molecule has 0 atom stereocenters. The molecule has 6 heteroatoms. The fraction of sp³-hybridized carbons (Fsp3) is 0.200. The Bertz CT molecular complexity index is 381. The van der Waals surface area contributed by atoms with Gasteiger partial charge < -0.3 is 20.0 Å². The molecule has 1 rings (SSSR count). The topological polar surface area (TPSA) is 78.5 Å². The van der Waals surface area contributed by atoms with Crippen molar-refractivity contribution >= 4 is 11.9 Å². The fourth-order valence-corrected chi connectivity index (χ4v) is 1.08. The van der Waals surface area contributed by atoms with Crippen molar-refractivity contribution in [2.24, 2.45) is 0 Å². The second-order valence-corrected chi connectivity index (χ2v) is 2.75. The van der Waals surface area contributed by atoms with Gasteiger partial charge in [-0.15, -0.1) is 0 Å². The molecule has 0 aliphatic rings. The quantitative estimate of drug-likeness (QED) is 0.539. The smallest absolute Gasteiger partial charge is 0.548 e. The number of rotatable bonds is 4. The number of amides is 1. The first kappa shape index (κ1) is 15.0. The van der Waals surface area contributed by atoms with Crippen molar-refractivity contribution in [3.8, 4) is 5.75 Å². The number of benzene rings is 1. The summed E-state index contributed by atoms with van der Waals surface area (Å²) in [5.74, 6) is -1.44. The average molecular weight is 231 g/mol. The Balaban J connectivity index is 0.00000225. The standard InChI is InChI=1S/C10H11NO4.Na/c1-15-8-5-3-2-4-7(8)10(14)11-6-9(12)13;/h2-5H,6H2,1H3,(H,11,14)(H,12,13);/q;+1/p-1. The van der Waals surface area contributed by atoms with Crippen LogP contribution in [-0.4, -0.2) is 25.5 Å². The van der Waals surface area contributed by atoms with Gasteiger partial charge in [0.15, 0.2) is 0 Å². The zero-order valence-electron chi connectivity index (χ0n) is 9.15. The molecule has 80 valence electrons. The number of aliphatic carboxylic acids is 1. The van der Waals surface area contributed by atoms with E-state index in [1.54, 1.807) is 24.3 Å². The van der Waals surface area contributed by atoms with E-state index in [0.717, 1.165) is 0 Å². The molecular weight excluding hydrogens is 221 g/mol. The Kier molecular flexibility index (Phi) is 6.80. The normalized spacial score (nSPS) is 8.81. The Morgan fingerprint density at radius 2 is 2.00 bits per heavy atom. The van der Waals surface area contributed by atoms with Gasteiger partial charge in [-0.3, -0.25) is 4.79 Å². The molecule has 0 aromatic heterocycles. The molecule has 0 aliphatic carbocycles. The summed E-state index contributed by atoms with van der Waals surface area (Å²) in [5.41, 5.74) is 0.293. The molecule has 5 nitrogen and oxygen atoms in total. The number of carbonyl (C=O) groups is 2. The molecule has 1 aromatic carbocycles. The van der Waals surface area contributed by atoms with Crippen molar-refractivity contribution in [2.75, 3.05) is 13.7 Å². The fourth-order valence-electron chi connectivity index (χ4n) is 1.08. The minimum absolute atomic E-state index is 0. The first-order valence-corrected chi connectivity index (χ1v) is 4.26. The van der Waals surface area contributed by atoms with Crippen LogP contribution in [0.25, 0.3) is 0 Å². The molecule has 0 unspecified atom stereocenters. The second-order valence-electron chi connectivity index (χ2n) is 2.75. The van der Waals surface area contributed by atoms with E-state index in [0.29, 0.717) is 11.3 Å². The van der Waals surface area contributed by atoms with Crippen LogP contribution in [0, 0.1) is 0 Å². The van der Waals surface area contributed by atoms with Crippen LogP contribution in [0.4, 0.5) is 0 Å². The third-order valence-electron chi connectivity index (χ3n) is 1.74. The van der Waals surface area contributed by atoms with Gasteiger partial charge in [0.05, 0.1) is 25.2 Å². The number of ether oxygens (including phenoxy) is 1. The predicted octanol–water partition coefficient (Wildman–Crippen LogP) is -3.82. The van der Waals surface area contributed by atoms with Gasteiger partial charge in [0, 0.05) is 0 Å². The third-order valence-corrected chi connectivity index (χ3v) is 1.74. The molecule has 0 radical (unpaired) electrons. The van der Waals surface area contributed by atoms with E-state index in [1.807, 2.05) is 0 Å². The Morgan fingerprint density at radius 3 is 2.56 bits per heavy atom. The molecule has 0 saturated carbocycles. The number of para-hydroxylation sites is 1. The number of methoxy groups -OCH3 is 1. The summed E-state index contributed by atoms with van der Waals surface area (Å²) < 4.78 is 4.95. The van der Waals surface area contributed by atoms with Crippen molar-refractivity contribution in [3.63, 3.8) is 0 Å². The van der Waals surface area contributed by atoms with Gasteiger partial charge in [-0.25, -0.2) is 0 Å². The van der Waals surface area contributed by atoms with Crippen molar-refractivity contribution in [2.45, 2.75) is 0 Å². The molecule has 0 aliphatic heterocycles. The SMILES string of the molecule is COc1ccccc1C(=O)NCC(=O)[O-].[Na+]. The maximum Gasteiger partial charge on any atom is 1.00 e. The van der Waals surface area contributed by atoms with E-state index in [-0.39, 0.29) is 29.6 Å². The van der Waals surface area contributed by atoms with Crippen LogP contribution < -0.4 is 44.7 Å². The number of carbonyl (C=O) groups excluding carboxylic acids is 2. The first-order chi connectivity index (χ1) is 7.15. The maximum atomic E-state index is 11.4. The Labute approximate surface area is 115 Å². The monoisotopic (exact) mass is 231 g/mol. The number of hydrogen-bond donors (Lipinski definition) is 1. The predicted molar refractivity (Wildman–Crippen MR) is 50.3 cm³/mol. The van der Waals surface area contributed by atoms with Crippen molar-refractivity contribution in [3.05, 3.63) is 29.8 Å². The van der Waals surface area contributed by atoms with Gasteiger partial charge in [0.25, 0.3) is 5.91 Å². The first-order valence-electron chi connectivity index (χ1n) is 4.26. The summed E-state index contributed by atoms with van der Waals surface area (Å²) in [6, 6.07) is 6.54. The van der Waals surface area contributed by atoms with Crippen LogP contribution in [0.1, 0.15) is 10.4 Å². The minimum atomic E-state index is -1.33. The van der Waals surface area contributed by atoms with Crippen LogP contribution in [0.3, 0.4) is 0 Å². The van der Waals surface area contributed by atoms with E-state index < -0.39 is 18.4 Å². The van der Waals surface area contributed by atoms with Crippen LogP contribution in [0.15, 0.2) is 24.3 Å². The largest absolute Gasteiger partial charge is 1.00 e. The zero-order chi connectivity index (χ0) is 11.3. The number of carboxylic acid groups (broad SMARTS) is 1. The second kappa shape index (κ2) is 7.27. The molecule has 0 saturated heterocycles. The molecule has 0 heterocycles. The van der Waals surface area contributed by atoms with Gasteiger partial charge in [0.1, 0.15) is 5.75 Å². The van der Waals surface area contributed by atoms with E-state index in [4.69, 9.17) is 4.74 Å². The van der Waals surface area contributed by atoms with E-state index in [2.05, 4.69) is 5.32 Å².